The van der Waals surface area contributed by atoms with Gasteiger partial charge in [0.2, 0.25) is 5.91 Å². The van der Waals surface area contributed by atoms with Gasteiger partial charge in [0.1, 0.15) is 0 Å². The maximum atomic E-state index is 12.3. The highest BCUT2D eigenvalue weighted by atomic mass is 35.5. The van der Waals surface area contributed by atoms with Gasteiger partial charge in [0, 0.05) is 36.5 Å². The summed E-state index contributed by atoms with van der Waals surface area (Å²) in [5, 5.41) is 9.05. The molecule has 154 valence electrons. The Morgan fingerprint density at radius 3 is 2.44 bits per heavy atom. The molecular weight excluding hydrogens is 401 g/mol. The highest BCUT2D eigenvalue weighted by Crippen LogP contribution is 2.32. The summed E-state index contributed by atoms with van der Waals surface area (Å²) < 4.78 is 0. The molecule has 1 amide bonds. The molecule has 27 heavy (non-hydrogen) atoms. The van der Waals surface area contributed by atoms with Crippen molar-refractivity contribution in [1.82, 2.24) is 15.5 Å². The molecule has 0 saturated carbocycles. The minimum atomic E-state index is 0. The van der Waals surface area contributed by atoms with Crippen LogP contribution in [0.2, 0.25) is 0 Å². The Kier molecular flexibility index (Phi) is 9.36. The number of amides is 1. The number of hydrogen-bond donors (Lipinski definition) is 2. The van der Waals surface area contributed by atoms with E-state index in [2.05, 4.69) is 33.0 Å². The molecule has 4 heterocycles. The van der Waals surface area contributed by atoms with E-state index in [-0.39, 0.29) is 30.7 Å². The van der Waals surface area contributed by atoms with Crippen LogP contribution in [0.3, 0.4) is 0 Å². The number of fused-ring (bicyclic) bond motifs is 2. The van der Waals surface area contributed by atoms with E-state index in [0.717, 1.165) is 32.6 Å². The first-order chi connectivity index (χ1) is 12.2. The number of rotatable bonds is 6. The molecule has 0 spiro atoms. The van der Waals surface area contributed by atoms with Gasteiger partial charge in [0.25, 0.3) is 0 Å². The number of carbonyl (C=O) groups excluding carboxylic acids is 1. The Morgan fingerprint density at radius 2 is 1.81 bits per heavy atom. The first-order valence-corrected chi connectivity index (χ1v) is 10.9. The zero-order valence-corrected chi connectivity index (χ0v) is 18.3. The minimum Gasteiger partial charge on any atom is -0.356 e. The van der Waals surface area contributed by atoms with Gasteiger partial charge in [-0.2, -0.15) is 0 Å². The van der Waals surface area contributed by atoms with Crippen LogP contribution in [0.5, 0.6) is 0 Å². The lowest BCUT2D eigenvalue weighted by molar-refractivity contribution is -0.122. The second-order valence-corrected chi connectivity index (χ2v) is 9.31. The molecule has 3 saturated heterocycles. The summed E-state index contributed by atoms with van der Waals surface area (Å²) in [6.45, 7) is 4.30. The summed E-state index contributed by atoms with van der Waals surface area (Å²) >= 11 is 1.85. The van der Waals surface area contributed by atoms with E-state index in [1.54, 1.807) is 0 Å². The van der Waals surface area contributed by atoms with Crippen molar-refractivity contribution in [2.75, 3.05) is 19.6 Å². The first kappa shape index (κ1) is 23.0. The molecule has 2 bridgehead atoms. The number of carbonyl (C=O) groups is 1. The fraction of sp³-hybridized carbons (Fsp3) is 0.750. The zero-order valence-electron chi connectivity index (χ0n) is 15.9. The largest absolute Gasteiger partial charge is 0.356 e. The fourth-order valence-corrected chi connectivity index (χ4v) is 5.65. The molecule has 1 aromatic heterocycles. The van der Waals surface area contributed by atoms with E-state index < -0.39 is 0 Å². The molecule has 7 heteroatoms. The van der Waals surface area contributed by atoms with Crippen LogP contribution in [0.15, 0.2) is 17.5 Å². The Bertz CT molecular complexity index is 552. The van der Waals surface area contributed by atoms with Crippen molar-refractivity contribution in [3.05, 3.63) is 22.4 Å². The summed E-state index contributed by atoms with van der Waals surface area (Å²) in [4.78, 5) is 16.3. The molecular formula is C20H33Cl2N3OS. The van der Waals surface area contributed by atoms with Crippen LogP contribution >= 0.6 is 36.2 Å². The van der Waals surface area contributed by atoms with Crippen molar-refractivity contribution in [3.63, 3.8) is 0 Å². The Balaban J connectivity index is 0.00000131. The third-order valence-corrected chi connectivity index (χ3v) is 7.16. The van der Waals surface area contributed by atoms with Crippen LogP contribution in [-0.2, 0) is 11.3 Å². The van der Waals surface area contributed by atoms with Gasteiger partial charge in [-0.25, -0.2) is 0 Å². The number of hydrogen-bond acceptors (Lipinski definition) is 4. The molecule has 0 aromatic carbocycles. The lowest BCUT2D eigenvalue weighted by Crippen LogP contribution is -2.41. The lowest BCUT2D eigenvalue weighted by atomic mass is 9.89. The van der Waals surface area contributed by atoms with Crippen molar-refractivity contribution >= 4 is 42.1 Å². The van der Waals surface area contributed by atoms with Crippen molar-refractivity contribution in [2.45, 2.75) is 63.6 Å². The second-order valence-electron chi connectivity index (χ2n) is 8.28. The molecule has 0 aliphatic carbocycles. The minimum absolute atomic E-state index is 0. The quantitative estimate of drug-likeness (QED) is 0.715. The maximum Gasteiger partial charge on any atom is 0.220 e. The monoisotopic (exact) mass is 433 g/mol. The van der Waals surface area contributed by atoms with Crippen LogP contribution in [0, 0.1) is 11.8 Å². The van der Waals surface area contributed by atoms with Crippen LogP contribution in [0.1, 0.15) is 49.8 Å². The van der Waals surface area contributed by atoms with E-state index in [1.807, 2.05) is 11.3 Å². The van der Waals surface area contributed by atoms with Gasteiger partial charge < -0.3 is 10.6 Å². The van der Waals surface area contributed by atoms with E-state index in [0.29, 0.717) is 23.9 Å². The molecule has 2 atom stereocenters. The lowest BCUT2D eigenvalue weighted by Gasteiger charge is -2.32. The number of nitrogens with zero attached hydrogens (tertiary/aromatic N) is 1. The average molecular weight is 434 g/mol. The molecule has 3 aliphatic rings. The Labute approximate surface area is 179 Å². The normalized spacial score (nSPS) is 28.2. The van der Waals surface area contributed by atoms with Gasteiger partial charge in [0.15, 0.2) is 0 Å². The molecule has 4 nitrogen and oxygen atoms in total. The molecule has 3 fully saturated rings. The van der Waals surface area contributed by atoms with E-state index in [4.69, 9.17) is 0 Å². The topological polar surface area (TPSA) is 44.4 Å². The van der Waals surface area contributed by atoms with Crippen molar-refractivity contribution in [1.29, 1.82) is 0 Å². The molecule has 4 rings (SSSR count). The Morgan fingerprint density at radius 1 is 1.11 bits per heavy atom. The van der Waals surface area contributed by atoms with Crippen LogP contribution < -0.4 is 10.6 Å². The number of nitrogens with one attached hydrogen (secondary N) is 2. The van der Waals surface area contributed by atoms with Gasteiger partial charge >= 0.3 is 0 Å². The van der Waals surface area contributed by atoms with E-state index in [9.17, 15) is 4.79 Å². The highest BCUT2D eigenvalue weighted by Gasteiger charge is 2.34. The Hall–Kier alpha value is -0.330. The number of thiophene rings is 1. The fourth-order valence-electron chi connectivity index (χ4n) is 4.91. The smallest absolute Gasteiger partial charge is 0.220 e. The summed E-state index contributed by atoms with van der Waals surface area (Å²) in [6.07, 6.45) is 8.19. The maximum absolute atomic E-state index is 12.3. The molecule has 2 N–H and O–H groups in total. The molecule has 3 aliphatic heterocycles. The molecule has 2 unspecified atom stereocenters. The van der Waals surface area contributed by atoms with Crippen LogP contribution in [0.4, 0.5) is 0 Å². The summed E-state index contributed by atoms with van der Waals surface area (Å²) in [5.74, 6) is 1.55. The summed E-state index contributed by atoms with van der Waals surface area (Å²) in [5.41, 5.74) is 0. The van der Waals surface area contributed by atoms with Gasteiger partial charge in [-0.05, 0) is 74.9 Å². The van der Waals surface area contributed by atoms with Crippen molar-refractivity contribution in [2.24, 2.45) is 11.8 Å². The number of likely N-dealkylation sites (tertiary alicyclic amines) is 1. The predicted molar refractivity (Wildman–Crippen MR) is 117 cm³/mol. The van der Waals surface area contributed by atoms with Gasteiger partial charge in [-0.15, -0.1) is 36.2 Å². The highest BCUT2D eigenvalue weighted by molar-refractivity contribution is 7.09. The van der Waals surface area contributed by atoms with E-state index >= 15 is 0 Å². The zero-order chi connectivity index (χ0) is 17.1. The first-order valence-electron chi connectivity index (χ1n) is 10.0. The van der Waals surface area contributed by atoms with Gasteiger partial charge in [0.05, 0.1) is 0 Å². The van der Waals surface area contributed by atoms with Crippen LogP contribution in [-0.4, -0.2) is 42.5 Å². The summed E-state index contributed by atoms with van der Waals surface area (Å²) in [7, 11) is 0. The van der Waals surface area contributed by atoms with Gasteiger partial charge in [-0.1, -0.05) is 6.07 Å². The predicted octanol–water partition coefficient (Wildman–Crippen LogP) is 3.84. The molecule has 0 radical (unpaired) electrons. The van der Waals surface area contributed by atoms with Gasteiger partial charge in [-0.3, -0.25) is 9.69 Å². The number of halogens is 2. The third kappa shape index (κ3) is 6.60. The average Bonchev–Trinajstić information content (AvgIpc) is 3.24. The van der Waals surface area contributed by atoms with E-state index in [1.165, 1.54) is 43.4 Å². The second kappa shape index (κ2) is 11.0. The summed E-state index contributed by atoms with van der Waals surface area (Å²) in [6, 6.07) is 5.73. The number of piperidine rings is 2. The van der Waals surface area contributed by atoms with Crippen LogP contribution in [0.25, 0.3) is 0 Å². The standard InChI is InChI=1S/C20H31N3OS.2ClH/c24-20(12-16-10-17-3-4-18(11-16)22-17)21-13-15-5-7-23(8-6-15)14-19-2-1-9-25-19;;/h1-2,9,15-18,22H,3-8,10-14H2,(H,21,24);2*1H. The third-order valence-electron chi connectivity index (χ3n) is 6.30. The SMILES string of the molecule is Cl.Cl.O=C(CC1CC2CCC(C1)N2)NCC1CCN(Cc2cccs2)CC1. The molecule has 1 aromatic rings. The van der Waals surface area contributed by atoms with Crippen molar-refractivity contribution in [3.8, 4) is 0 Å². The van der Waals surface area contributed by atoms with Crippen molar-refractivity contribution < 1.29 is 4.79 Å².